The average molecular weight is 273 g/mol. The summed E-state index contributed by atoms with van der Waals surface area (Å²) < 4.78 is 0. The van der Waals surface area contributed by atoms with Crippen molar-refractivity contribution in [2.45, 2.75) is 51.5 Å². The number of pyridine rings is 1. The fourth-order valence-electron chi connectivity index (χ4n) is 3.66. The third-order valence-corrected chi connectivity index (χ3v) is 4.95. The number of aromatic nitrogens is 1. The zero-order valence-corrected chi connectivity index (χ0v) is 12.9. The SMILES string of the molecule is Cc1cc(N2CCCCC2)ncc1C1CCCCN1C. The summed E-state index contributed by atoms with van der Waals surface area (Å²) in [7, 11) is 2.25. The largest absolute Gasteiger partial charge is 0.357 e. The van der Waals surface area contributed by atoms with Crippen LogP contribution in [0.2, 0.25) is 0 Å². The molecule has 0 amide bonds. The summed E-state index contributed by atoms with van der Waals surface area (Å²) in [5.74, 6) is 1.18. The number of hydrogen-bond donors (Lipinski definition) is 0. The highest BCUT2D eigenvalue weighted by atomic mass is 15.2. The lowest BCUT2D eigenvalue weighted by Crippen LogP contribution is -2.31. The molecule has 2 aliphatic rings. The van der Waals surface area contributed by atoms with Crippen LogP contribution in [0.1, 0.15) is 55.7 Å². The van der Waals surface area contributed by atoms with Crippen molar-refractivity contribution in [3.8, 4) is 0 Å². The standard InChI is InChI=1S/C17H27N3/c1-14-12-17(20-10-5-3-6-11-20)18-13-15(14)16-8-4-7-9-19(16)2/h12-13,16H,3-11H2,1-2H3. The average Bonchev–Trinajstić information content (AvgIpc) is 2.49. The van der Waals surface area contributed by atoms with E-state index in [0.29, 0.717) is 6.04 Å². The highest BCUT2D eigenvalue weighted by Crippen LogP contribution is 2.32. The van der Waals surface area contributed by atoms with Crippen molar-refractivity contribution in [3.63, 3.8) is 0 Å². The van der Waals surface area contributed by atoms with Gasteiger partial charge in [0, 0.05) is 25.3 Å². The first-order chi connectivity index (χ1) is 9.75. The molecule has 2 saturated heterocycles. The van der Waals surface area contributed by atoms with E-state index in [2.05, 4.69) is 36.0 Å². The number of rotatable bonds is 2. The lowest BCUT2D eigenvalue weighted by atomic mass is 9.94. The fourth-order valence-corrected chi connectivity index (χ4v) is 3.66. The number of aryl methyl sites for hydroxylation is 1. The van der Waals surface area contributed by atoms with Gasteiger partial charge >= 0.3 is 0 Å². The van der Waals surface area contributed by atoms with Crippen LogP contribution in [-0.4, -0.2) is 36.6 Å². The van der Waals surface area contributed by atoms with Crippen molar-refractivity contribution in [1.29, 1.82) is 0 Å². The molecular weight excluding hydrogens is 246 g/mol. The van der Waals surface area contributed by atoms with Gasteiger partial charge in [0.2, 0.25) is 0 Å². The molecule has 1 aromatic heterocycles. The summed E-state index contributed by atoms with van der Waals surface area (Å²) in [6.45, 7) is 5.83. The molecule has 0 saturated carbocycles. The Balaban J connectivity index is 1.79. The van der Waals surface area contributed by atoms with Gasteiger partial charge in [0.15, 0.2) is 0 Å². The molecule has 1 aromatic rings. The summed E-state index contributed by atoms with van der Waals surface area (Å²) in [4.78, 5) is 9.72. The lowest BCUT2D eigenvalue weighted by Gasteiger charge is -2.34. The van der Waals surface area contributed by atoms with E-state index in [4.69, 9.17) is 4.98 Å². The Morgan fingerprint density at radius 2 is 1.80 bits per heavy atom. The van der Waals surface area contributed by atoms with E-state index in [1.807, 2.05) is 0 Å². The number of piperidine rings is 2. The Labute approximate surface area is 123 Å². The first-order valence-electron chi connectivity index (χ1n) is 8.17. The van der Waals surface area contributed by atoms with Crippen molar-refractivity contribution >= 4 is 5.82 Å². The van der Waals surface area contributed by atoms with Gasteiger partial charge in [-0.3, -0.25) is 4.90 Å². The van der Waals surface area contributed by atoms with Gasteiger partial charge in [-0.1, -0.05) is 6.42 Å². The molecule has 0 aromatic carbocycles. The van der Waals surface area contributed by atoms with Gasteiger partial charge in [0.25, 0.3) is 0 Å². The van der Waals surface area contributed by atoms with E-state index < -0.39 is 0 Å². The van der Waals surface area contributed by atoms with Gasteiger partial charge in [-0.25, -0.2) is 4.98 Å². The van der Waals surface area contributed by atoms with Crippen molar-refractivity contribution in [2.75, 3.05) is 31.6 Å². The Hall–Kier alpha value is -1.09. The molecular formula is C17H27N3. The molecule has 2 fully saturated rings. The van der Waals surface area contributed by atoms with E-state index in [9.17, 15) is 0 Å². The Bertz CT molecular complexity index is 452. The van der Waals surface area contributed by atoms with Crippen LogP contribution >= 0.6 is 0 Å². The predicted molar refractivity (Wildman–Crippen MR) is 84.3 cm³/mol. The molecule has 3 heterocycles. The fraction of sp³-hybridized carbons (Fsp3) is 0.706. The van der Waals surface area contributed by atoms with Gasteiger partial charge in [-0.15, -0.1) is 0 Å². The number of hydrogen-bond acceptors (Lipinski definition) is 3. The first-order valence-corrected chi connectivity index (χ1v) is 8.17. The molecule has 3 heteroatoms. The smallest absolute Gasteiger partial charge is 0.128 e. The van der Waals surface area contributed by atoms with Crippen LogP contribution in [-0.2, 0) is 0 Å². The topological polar surface area (TPSA) is 19.4 Å². The maximum atomic E-state index is 4.77. The molecule has 1 unspecified atom stereocenters. The first kappa shape index (κ1) is 13.9. The van der Waals surface area contributed by atoms with Crippen LogP contribution < -0.4 is 4.90 Å². The minimum absolute atomic E-state index is 0.576. The predicted octanol–water partition coefficient (Wildman–Crippen LogP) is 3.54. The second-order valence-electron chi connectivity index (χ2n) is 6.44. The van der Waals surface area contributed by atoms with E-state index in [-0.39, 0.29) is 0 Å². The summed E-state index contributed by atoms with van der Waals surface area (Å²) in [5.41, 5.74) is 2.85. The summed E-state index contributed by atoms with van der Waals surface area (Å²) in [5, 5.41) is 0. The van der Waals surface area contributed by atoms with Gasteiger partial charge in [0.05, 0.1) is 0 Å². The third kappa shape index (κ3) is 2.83. The van der Waals surface area contributed by atoms with Crippen LogP contribution in [0, 0.1) is 6.92 Å². The maximum absolute atomic E-state index is 4.77. The Morgan fingerprint density at radius 1 is 1.05 bits per heavy atom. The normalized spacial score (nSPS) is 24.9. The Morgan fingerprint density at radius 3 is 2.50 bits per heavy atom. The molecule has 0 radical (unpaired) electrons. The Kier molecular flexibility index (Phi) is 4.25. The van der Waals surface area contributed by atoms with Crippen LogP contribution in [0.3, 0.4) is 0 Å². The zero-order valence-electron chi connectivity index (χ0n) is 12.9. The van der Waals surface area contributed by atoms with Crippen molar-refractivity contribution in [2.24, 2.45) is 0 Å². The highest BCUT2D eigenvalue weighted by molar-refractivity contribution is 5.44. The minimum atomic E-state index is 0.576. The van der Waals surface area contributed by atoms with E-state index in [1.165, 1.54) is 75.1 Å². The van der Waals surface area contributed by atoms with E-state index >= 15 is 0 Å². The molecule has 0 aliphatic carbocycles. The maximum Gasteiger partial charge on any atom is 0.128 e. The van der Waals surface area contributed by atoms with Gasteiger partial charge < -0.3 is 4.90 Å². The molecule has 20 heavy (non-hydrogen) atoms. The molecule has 1 atom stereocenters. The van der Waals surface area contributed by atoms with Crippen LogP contribution in [0.15, 0.2) is 12.3 Å². The monoisotopic (exact) mass is 273 g/mol. The number of anilines is 1. The van der Waals surface area contributed by atoms with Crippen LogP contribution in [0.4, 0.5) is 5.82 Å². The molecule has 3 rings (SSSR count). The highest BCUT2D eigenvalue weighted by Gasteiger charge is 2.23. The van der Waals surface area contributed by atoms with Crippen molar-refractivity contribution < 1.29 is 0 Å². The minimum Gasteiger partial charge on any atom is -0.357 e. The quantitative estimate of drug-likeness (QED) is 0.821. The molecule has 2 aliphatic heterocycles. The number of likely N-dealkylation sites (tertiary alicyclic amines) is 1. The molecule has 110 valence electrons. The summed E-state index contributed by atoms with van der Waals surface area (Å²) in [6.07, 6.45) is 10.1. The van der Waals surface area contributed by atoms with Gasteiger partial charge in [0.1, 0.15) is 5.82 Å². The van der Waals surface area contributed by atoms with Gasteiger partial charge in [-0.2, -0.15) is 0 Å². The molecule has 0 bridgehead atoms. The van der Waals surface area contributed by atoms with Crippen molar-refractivity contribution in [3.05, 3.63) is 23.4 Å². The third-order valence-electron chi connectivity index (χ3n) is 4.95. The summed E-state index contributed by atoms with van der Waals surface area (Å²) >= 11 is 0. The summed E-state index contributed by atoms with van der Waals surface area (Å²) in [6, 6.07) is 2.88. The molecule has 3 nitrogen and oxygen atoms in total. The van der Waals surface area contributed by atoms with E-state index in [0.717, 1.165) is 0 Å². The van der Waals surface area contributed by atoms with Crippen molar-refractivity contribution in [1.82, 2.24) is 9.88 Å². The zero-order chi connectivity index (χ0) is 13.9. The van der Waals surface area contributed by atoms with Gasteiger partial charge in [-0.05, 0) is 69.8 Å². The van der Waals surface area contributed by atoms with Crippen LogP contribution in [0.25, 0.3) is 0 Å². The molecule has 0 N–H and O–H groups in total. The second-order valence-corrected chi connectivity index (χ2v) is 6.44. The van der Waals surface area contributed by atoms with Crippen LogP contribution in [0.5, 0.6) is 0 Å². The number of nitrogens with zero attached hydrogens (tertiary/aromatic N) is 3. The van der Waals surface area contributed by atoms with E-state index in [1.54, 1.807) is 0 Å². The lowest BCUT2D eigenvalue weighted by molar-refractivity contribution is 0.186. The second kappa shape index (κ2) is 6.13. The molecule has 0 spiro atoms.